The van der Waals surface area contributed by atoms with Crippen molar-refractivity contribution in [3.63, 3.8) is 0 Å². The maximum atomic E-state index is 11.7. The average Bonchev–Trinajstić information content (AvgIpc) is 2.71. The molecule has 0 aromatic heterocycles. The summed E-state index contributed by atoms with van der Waals surface area (Å²) in [5.74, 6) is 0. The molecule has 1 aliphatic heterocycles. The Morgan fingerprint density at radius 2 is 1.85 bits per heavy atom. The minimum atomic E-state index is -0.402. The third-order valence-corrected chi connectivity index (χ3v) is 4.48. The van der Waals surface area contributed by atoms with Crippen molar-refractivity contribution >= 4 is 17.9 Å². The Labute approximate surface area is 155 Å². The highest BCUT2D eigenvalue weighted by atomic mass is 16.5. The van der Waals surface area contributed by atoms with Crippen molar-refractivity contribution in [2.75, 3.05) is 24.5 Å². The summed E-state index contributed by atoms with van der Waals surface area (Å²) in [4.78, 5) is 14.2. The van der Waals surface area contributed by atoms with E-state index in [9.17, 15) is 4.79 Å². The van der Waals surface area contributed by atoms with Crippen LogP contribution in [0, 0.1) is 0 Å². The summed E-state index contributed by atoms with van der Waals surface area (Å²) in [5.41, 5.74) is 3.40. The fourth-order valence-electron chi connectivity index (χ4n) is 3.09. The van der Waals surface area contributed by atoms with E-state index in [1.54, 1.807) is 0 Å². The molecule has 1 heterocycles. The Morgan fingerprint density at radius 1 is 1.04 bits per heavy atom. The molecule has 0 spiro atoms. The van der Waals surface area contributed by atoms with Crippen molar-refractivity contribution in [3.05, 3.63) is 71.8 Å². The van der Waals surface area contributed by atoms with Crippen LogP contribution in [0.15, 0.2) is 60.7 Å². The van der Waals surface area contributed by atoms with Gasteiger partial charge in [-0.15, -0.1) is 0 Å². The number of piperidine rings is 1. The Hall–Kier alpha value is -2.75. The summed E-state index contributed by atoms with van der Waals surface area (Å²) in [6, 6.07) is 18.2. The highest BCUT2D eigenvalue weighted by molar-refractivity contribution is 5.67. The lowest BCUT2D eigenvalue weighted by atomic mass is 10.1. The minimum Gasteiger partial charge on any atom is -0.445 e. The van der Waals surface area contributed by atoms with Gasteiger partial charge < -0.3 is 15.0 Å². The number of alkyl carbamates (subject to hydrolysis) is 1. The molecule has 136 valence electrons. The summed E-state index contributed by atoms with van der Waals surface area (Å²) in [7, 11) is 0. The smallest absolute Gasteiger partial charge is 0.407 e. The molecule has 1 saturated heterocycles. The normalized spacial score (nSPS) is 14.4. The van der Waals surface area contributed by atoms with Gasteiger partial charge in [0.05, 0.1) is 0 Å². The number of carbonyl (C=O) groups excluding carboxylic acids is 1. The number of carbonyl (C=O) groups is 1. The van der Waals surface area contributed by atoms with Gasteiger partial charge in [0.25, 0.3) is 0 Å². The predicted octanol–water partition coefficient (Wildman–Crippen LogP) is 4.62. The van der Waals surface area contributed by atoms with Crippen LogP contribution in [0.25, 0.3) is 6.08 Å². The van der Waals surface area contributed by atoms with Crippen LogP contribution in [0.4, 0.5) is 10.5 Å². The zero-order chi connectivity index (χ0) is 18.0. The van der Waals surface area contributed by atoms with Gasteiger partial charge in [-0.2, -0.15) is 0 Å². The second-order valence-corrected chi connectivity index (χ2v) is 6.49. The molecule has 0 aliphatic carbocycles. The first kappa shape index (κ1) is 18.1. The average molecular weight is 350 g/mol. The fourth-order valence-corrected chi connectivity index (χ4v) is 3.09. The highest BCUT2D eigenvalue weighted by Gasteiger charge is 2.10. The summed E-state index contributed by atoms with van der Waals surface area (Å²) in [5, 5.41) is 2.74. The van der Waals surface area contributed by atoms with Gasteiger partial charge in [0.15, 0.2) is 0 Å². The summed E-state index contributed by atoms with van der Waals surface area (Å²) in [6.45, 7) is 3.01. The number of anilines is 1. The molecule has 0 atom stereocenters. The van der Waals surface area contributed by atoms with Crippen LogP contribution >= 0.6 is 0 Å². The van der Waals surface area contributed by atoms with Crippen LogP contribution in [-0.4, -0.2) is 25.7 Å². The quantitative estimate of drug-likeness (QED) is 0.827. The first-order valence-electron chi connectivity index (χ1n) is 9.27. The molecule has 2 aromatic carbocycles. The van der Waals surface area contributed by atoms with E-state index in [1.807, 2.05) is 42.5 Å². The Balaban J connectivity index is 1.42. The molecular formula is C22H26N2O2. The van der Waals surface area contributed by atoms with Crippen molar-refractivity contribution < 1.29 is 9.53 Å². The third-order valence-electron chi connectivity index (χ3n) is 4.48. The number of nitrogens with zero attached hydrogens (tertiary/aromatic N) is 1. The van der Waals surface area contributed by atoms with Crippen LogP contribution in [0.5, 0.6) is 0 Å². The number of rotatable bonds is 6. The van der Waals surface area contributed by atoms with E-state index in [0.29, 0.717) is 6.54 Å². The topological polar surface area (TPSA) is 41.6 Å². The van der Waals surface area contributed by atoms with Crippen molar-refractivity contribution in [3.8, 4) is 0 Å². The van der Waals surface area contributed by atoms with Crippen LogP contribution in [0.3, 0.4) is 0 Å². The van der Waals surface area contributed by atoms with Gasteiger partial charge in [-0.1, -0.05) is 54.6 Å². The van der Waals surface area contributed by atoms with Crippen LogP contribution in [0.2, 0.25) is 0 Å². The third kappa shape index (κ3) is 5.66. The zero-order valence-electron chi connectivity index (χ0n) is 15.1. The number of nitrogens with one attached hydrogen (secondary N) is 1. The first-order valence-corrected chi connectivity index (χ1v) is 9.27. The zero-order valence-corrected chi connectivity index (χ0v) is 15.1. The monoisotopic (exact) mass is 350 g/mol. The van der Waals surface area contributed by atoms with E-state index in [0.717, 1.165) is 24.2 Å². The van der Waals surface area contributed by atoms with Gasteiger partial charge in [-0.25, -0.2) is 4.79 Å². The number of ether oxygens (including phenoxy) is 1. The van der Waals surface area contributed by atoms with Crippen LogP contribution in [0.1, 0.15) is 30.4 Å². The molecule has 26 heavy (non-hydrogen) atoms. The first-order chi connectivity index (χ1) is 12.8. The molecular weight excluding hydrogens is 324 g/mol. The lowest BCUT2D eigenvalue weighted by molar-refractivity contribution is 0.141. The van der Waals surface area contributed by atoms with E-state index < -0.39 is 6.09 Å². The van der Waals surface area contributed by atoms with Crippen LogP contribution < -0.4 is 10.2 Å². The highest BCUT2D eigenvalue weighted by Crippen LogP contribution is 2.21. The van der Waals surface area contributed by atoms with Gasteiger partial charge in [-0.3, -0.25) is 0 Å². The predicted molar refractivity (Wildman–Crippen MR) is 106 cm³/mol. The number of amides is 1. The van der Waals surface area contributed by atoms with Crippen LogP contribution in [-0.2, 0) is 11.3 Å². The van der Waals surface area contributed by atoms with Gasteiger partial charge in [0, 0.05) is 25.3 Å². The molecule has 1 aliphatic rings. The minimum absolute atomic E-state index is 0.286. The molecule has 0 radical (unpaired) electrons. The second-order valence-electron chi connectivity index (χ2n) is 6.49. The Bertz CT molecular complexity index is 722. The van der Waals surface area contributed by atoms with E-state index in [2.05, 4.69) is 34.5 Å². The van der Waals surface area contributed by atoms with Crippen molar-refractivity contribution in [2.24, 2.45) is 0 Å². The summed E-state index contributed by atoms with van der Waals surface area (Å²) >= 11 is 0. The van der Waals surface area contributed by atoms with Crippen molar-refractivity contribution in [1.82, 2.24) is 5.32 Å². The van der Waals surface area contributed by atoms with Crippen molar-refractivity contribution in [1.29, 1.82) is 0 Å². The number of hydrogen-bond donors (Lipinski definition) is 1. The maximum Gasteiger partial charge on any atom is 0.407 e. The molecule has 0 saturated carbocycles. The lowest BCUT2D eigenvalue weighted by Gasteiger charge is -2.29. The molecule has 4 nitrogen and oxygen atoms in total. The van der Waals surface area contributed by atoms with Gasteiger partial charge >= 0.3 is 6.09 Å². The van der Waals surface area contributed by atoms with E-state index >= 15 is 0 Å². The molecule has 1 N–H and O–H groups in total. The molecule has 1 amide bonds. The lowest BCUT2D eigenvalue weighted by Crippen LogP contribution is -2.29. The molecule has 3 rings (SSSR count). The number of hydrogen-bond acceptors (Lipinski definition) is 3. The van der Waals surface area contributed by atoms with Gasteiger partial charge in [-0.05, 0) is 42.5 Å². The van der Waals surface area contributed by atoms with Gasteiger partial charge in [0.1, 0.15) is 6.61 Å². The fraction of sp³-hybridized carbons (Fsp3) is 0.318. The molecule has 4 heteroatoms. The Morgan fingerprint density at radius 3 is 2.65 bits per heavy atom. The Kier molecular flexibility index (Phi) is 6.71. The molecule has 0 bridgehead atoms. The SMILES string of the molecule is O=C(NCC=Cc1cccc(N2CCCCC2)c1)OCc1ccccc1. The van der Waals surface area contributed by atoms with Gasteiger partial charge in [0.2, 0.25) is 0 Å². The molecule has 2 aromatic rings. The van der Waals surface area contributed by atoms with E-state index in [-0.39, 0.29) is 6.61 Å². The summed E-state index contributed by atoms with van der Waals surface area (Å²) < 4.78 is 5.19. The second kappa shape index (κ2) is 9.66. The molecule has 0 unspecified atom stereocenters. The maximum absolute atomic E-state index is 11.7. The standard InChI is InChI=1S/C22H26N2O2/c25-22(26-18-20-9-3-1-4-10-20)23-14-8-12-19-11-7-13-21(17-19)24-15-5-2-6-16-24/h1,3-4,7-13,17H,2,5-6,14-16,18H2,(H,23,25). The van der Waals surface area contributed by atoms with Crippen molar-refractivity contribution in [2.45, 2.75) is 25.9 Å². The largest absolute Gasteiger partial charge is 0.445 e. The van der Waals surface area contributed by atoms with E-state index in [1.165, 1.54) is 24.9 Å². The molecule has 1 fully saturated rings. The van der Waals surface area contributed by atoms with E-state index in [4.69, 9.17) is 4.74 Å². The summed E-state index contributed by atoms with van der Waals surface area (Å²) in [6.07, 6.45) is 7.46. The number of benzene rings is 2.